The van der Waals surface area contributed by atoms with Crippen molar-refractivity contribution in [1.82, 2.24) is 9.78 Å². The molecule has 2 heterocycles. The topological polar surface area (TPSA) is 62.6 Å². The van der Waals surface area contributed by atoms with Crippen LogP contribution in [0.1, 0.15) is 39.3 Å². The van der Waals surface area contributed by atoms with Crippen molar-refractivity contribution < 1.29 is 18.8 Å². The fourth-order valence-corrected chi connectivity index (χ4v) is 2.74. The van der Waals surface area contributed by atoms with Gasteiger partial charge in [-0.2, -0.15) is 5.10 Å². The third kappa shape index (κ3) is 3.21. The van der Waals surface area contributed by atoms with E-state index >= 15 is 0 Å². The number of esters is 1. The molecule has 3 rings (SSSR count). The number of benzene rings is 1. The number of hydrogen-bond acceptors (Lipinski definition) is 5. The van der Waals surface area contributed by atoms with Crippen LogP contribution in [0.2, 0.25) is 0 Å². The van der Waals surface area contributed by atoms with Crippen molar-refractivity contribution in [2.75, 3.05) is 7.11 Å². The summed E-state index contributed by atoms with van der Waals surface area (Å²) in [7, 11) is 0.851. The number of rotatable bonds is 4. The van der Waals surface area contributed by atoms with Crippen LogP contribution in [0.25, 0.3) is 0 Å². The molecule has 2 aromatic rings. The van der Waals surface area contributed by atoms with E-state index in [-0.39, 0.29) is 5.97 Å². The molecule has 1 unspecified atom stereocenters. The minimum Gasteiger partial charge on any atom is -0.467 e. The van der Waals surface area contributed by atoms with Crippen molar-refractivity contribution in [3.63, 3.8) is 0 Å². The van der Waals surface area contributed by atoms with Gasteiger partial charge in [-0.3, -0.25) is 4.68 Å². The Morgan fingerprint density at radius 1 is 1.16 bits per heavy atom. The van der Waals surface area contributed by atoms with Gasteiger partial charge in [-0.1, -0.05) is 30.3 Å². The summed E-state index contributed by atoms with van der Waals surface area (Å²) in [6.45, 7) is 7.99. The van der Waals surface area contributed by atoms with Crippen LogP contribution in [-0.2, 0) is 18.8 Å². The van der Waals surface area contributed by atoms with Crippen molar-refractivity contribution in [2.45, 2.75) is 44.9 Å². The Balaban J connectivity index is 1.90. The molecule has 0 radical (unpaired) electrons. The van der Waals surface area contributed by atoms with Gasteiger partial charge in [0.2, 0.25) is 0 Å². The van der Waals surface area contributed by atoms with Crippen LogP contribution in [0.3, 0.4) is 0 Å². The first-order chi connectivity index (χ1) is 11.7. The van der Waals surface area contributed by atoms with Gasteiger partial charge in [-0.25, -0.2) is 4.79 Å². The van der Waals surface area contributed by atoms with E-state index in [1.165, 1.54) is 7.11 Å². The Morgan fingerprint density at radius 2 is 1.76 bits per heavy atom. The van der Waals surface area contributed by atoms with Crippen molar-refractivity contribution in [3.8, 4) is 0 Å². The second kappa shape index (κ2) is 6.31. The Kier molecular flexibility index (Phi) is 4.47. The summed E-state index contributed by atoms with van der Waals surface area (Å²) in [6, 6.07) is 8.75. The highest BCUT2D eigenvalue weighted by Gasteiger charge is 2.52. The van der Waals surface area contributed by atoms with Crippen molar-refractivity contribution in [2.24, 2.45) is 0 Å². The van der Waals surface area contributed by atoms with E-state index in [0.29, 0.717) is 0 Å². The zero-order chi connectivity index (χ0) is 18.2. The van der Waals surface area contributed by atoms with Crippen LogP contribution in [0.4, 0.5) is 0 Å². The zero-order valence-electron chi connectivity index (χ0n) is 15.2. The first-order valence-electron chi connectivity index (χ1n) is 8.27. The van der Waals surface area contributed by atoms with Crippen LogP contribution >= 0.6 is 0 Å². The predicted molar refractivity (Wildman–Crippen MR) is 94.5 cm³/mol. The number of methoxy groups -OCH3 is 1. The molecule has 0 bridgehead atoms. The van der Waals surface area contributed by atoms with E-state index in [1.54, 1.807) is 17.1 Å². The summed E-state index contributed by atoms with van der Waals surface area (Å²) >= 11 is 0. The number of nitrogens with zero attached hydrogens (tertiary/aromatic N) is 2. The lowest BCUT2D eigenvalue weighted by Crippen LogP contribution is -2.41. The van der Waals surface area contributed by atoms with Crippen LogP contribution in [0.15, 0.2) is 42.7 Å². The summed E-state index contributed by atoms with van der Waals surface area (Å²) < 4.78 is 18.6. The number of carbonyl (C=O) groups is 1. The first kappa shape index (κ1) is 17.7. The van der Waals surface area contributed by atoms with Gasteiger partial charge in [0.05, 0.1) is 18.3 Å². The maximum absolute atomic E-state index is 12.3. The maximum Gasteiger partial charge on any atom is 0.498 e. The van der Waals surface area contributed by atoms with Gasteiger partial charge in [0.15, 0.2) is 6.04 Å². The third-order valence-corrected chi connectivity index (χ3v) is 4.95. The van der Waals surface area contributed by atoms with E-state index in [1.807, 2.05) is 58.0 Å². The Morgan fingerprint density at radius 3 is 2.32 bits per heavy atom. The van der Waals surface area contributed by atoms with Gasteiger partial charge >= 0.3 is 13.1 Å². The average Bonchev–Trinajstić information content (AvgIpc) is 3.11. The van der Waals surface area contributed by atoms with E-state index in [9.17, 15) is 4.79 Å². The maximum atomic E-state index is 12.3. The molecule has 25 heavy (non-hydrogen) atoms. The van der Waals surface area contributed by atoms with E-state index in [0.717, 1.165) is 11.0 Å². The van der Waals surface area contributed by atoms with Gasteiger partial charge in [0.25, 0.3) is 0 Å². The molecule has 0 spiro atoms. The van der Waals surface area contributed by atoms with Crippen LogP contribution in [0, 0.1) is 0 Å². The molecule has 1 aliphatic rings. The molecule has 0 saturated carbocycles. The second-order valence-corrected chi connectivity index (χ2v) is 7.18. The van der Waals surface area contributed by atoms with Crippen molar-refractivity contribution in [1.29, 1.82) is 0 Å². The largest absolute Gasteiger partial charge is 0.498 e. The first-order valence-corrected chi connectivity index (χ1v) is 8.27. The molecular weight excluding hydrogens is 319 g/mol. The quantitative estimate of drug-likeness (QED) is 0.628. The zero-order valence-corrected chi connectivity index (χ0v) is 15.2. The number of carbonyl (C=O) groups excluding carboxylic acids is 1. The summed E-state index contributed by atoms with van der Waals surface area (Å²) in [5.41, 5.74) is 0.712. The smallest absolute Gasteiger partial charge is 0.467 e. The van der Waals surface area contributed by atoms with Gasteiger partial charge in [0, 0.05) is 17.9 Å². The summed E-state index contributed by atoms with van der Waals surface area (Å²) in [4.78, 5) is 12.3. The van der Waals surface area contributed by atoms with Crippen LogP contribution < -0.4 is 5.46 Å². The molecule has 1 aromatic heterocycles. The Bertz CT molecular complexity index is 741. The van der Waals surface area contributed by atoms with Crippen molar-refractivity contribution in [3.05, 3.63) is 48.3 Å². The highest BCUT2D eigenvalue weighted by Crippen LogP contribution is 2.36. The minimum absolute atomic E-state index is 0.380. The van der Waals surface area contributed by atoms with Gasteiger partial charge in [0.1, 0.15) is 0 Å². The Hall–Kier alpha value is -2.12. The second-order valence-electron chi connectivity index (χ2n) is 7.18. The Labute approximate surface area is 148 Å². The fraction of sp³-hybridized carbons (Fsp3) is 0.444. The fourth-order valence-electron chi connectivity index (χ4n) is 2.74. The summed E-state index contributed by atoms with van der Waals surface area (Å²) in [5, 5.41) is 4.36. The lowest BCUT2D eigenvalue weighted by molar-refractivity contribution is -0.143. The normalized spacial score (nSPS) is 19.6. The molecule has 1 atom stereocenters. The average molecular weight is 342 g/mol. The molecule has 1 saturated heterocycles. The highest BCUT2D eigenvalue weighted by molar-refractivity contribution is 6.62. The van der Waals surface area contributed by atoms with Crippen molar-refractivity contribution >= 4 is 18.6 Å². The van der Waals surface area contributed by atoms with E-state index < -0.39 is 24.4 Å². The van der Waals surface area contributed by atoms with E-state index in [4.69, 9.17) is 14.0 Å². The van der Waals surface area contributed by atoms with Gasteiger partial charge in [-0.05, 0) is 33.3 Å². The molecule has 132 valence electrons. The molecule has 1 fully saturated rings. The molecule has 7 heteroatoms. The van der Waals surface area contributed by atoms with Gasteiger partial charge in [-0.15, -0.1) is 0 Å². The standard InChI is InChI=1S/C18H23BN2O4/c1-17(2)18(3,4)25-19(24-17)14-11-20-21(12-14)15(16(22)23-5)13-9-7-6-8-10-13/h6-12,15H,1-5H3. The predicted octanol–water partition coefficient (Wildman–Crippen LogP) is 1.94. The molecule has 0 N–H and O–H groups in total. The lowest BCUT2D eigenvalue weighted by atomic mass is 9.82. The SMILES string of the molecule is COC(=O)C(c1ccccc1)n1cc(B2OC(C)(C)C(C)(C)O2)cn1. The van der Waals surface area contributed by atoms with Crippen LogP contribution in [0.5, 0.6) is 0 Å². The number of aromatic nitrogens is 2. The highest BCUT2D eigenvalue weighted by atomic mass is 16.7. The number of hydrogen-bond donors (Lipinski definition) is 0. The lowest BCUT2D eigenvalue weighted by Gasteiger charge is -2.32. The summed E-state index contributed by atoms with van der Waals surface area (Å²) in [6.07, 6.45) is 3.44. The molecule has 0 aliphatic carbocycles. The molecule has 1 aromatic carbocycles. The molecular formula is C18H23BN2O4. The number of ether oxygens (including phenoxy) is 1. The van der Waals surface area contributed by atoms with Crippen LogP contribution in [-0.4, -0.2) is 41.2 Å². The molecule has 0 amide bonds. The van der Waals surface area contributed by atoms with Gasteiger partial charge < -0.3 is 14.0 Å². The monoisotopic (exact) mass is 342 g/mol. The van der Waals surface area contributed by atoms with E-state index in [2.05, 4.69) is 5.10 Å². The summed E-state index contributed by atoms with van der Waals surface area (Å²) in [5.74, 6) is -0.380. The molecule has 1 aliphatic heterocycles. The minimum atomic E-state index is -0.651. The molecule has 6 nitrogen and oxygen atoms in total. The third-order valence-electron chi connectivity index (χ3n) is 4.95.